The maximum atomic E-state index is 11.9. The standard InChI is InChI=1S/C22H30N4O4/c1-22(2,3)30-21(27)24-12-16-6-5-11-26(15-16)19-13-23-14-20(25-19)29-18-9-7-17(28-4)8-10-18/h7-10,13-14,16H,5-6,11-12,15H2,1-4H3,(H,24,27). The molecule has 0 saturated carbocycles. The van der Waals surface area contributed by atoms with E-state index in [4.69, 9.17) is 14.2 Å². The Morgan fingerprint density at radius 3 is 2.63 bits per heavy atom. The molecule has 1 amide bonds. The van der Waals surface area contributed by atoms with Crippen LogP contribution in [0.3, 0.4) is 0 Å². The van der Waals surface area contributed by atoms with Gasteiger partial charge in [-0.1, -0.05) is 0 Å². The number of nitrogens with one attached hydrogen (secondary N) is 1. The highest BCUT2D eigenvalue weighted by atomic mass is 16.6. The van der Waals surface area contributed by atoms with Crippen LogP contribution in [0.5, 0.6) is 17.4 Å². The van der Waals surface area contributed by atoms with Crippen molar-refractivity contribution in [1.82, 2.24) is 15.3 Å². The van der Waals surface area contributed by atoms with Crippen molar-refractivity contribution in [2.45, 2.75) is 39.2 Å². The first-order chi connectivity index (χ1) is 14.3. The van der Waals surface area contributed by atoms with Gasteiger partial charge in [0.15, 0.2) is 5.82 Å². The number of hydrogen-bond donors (Lipinski definition) is 1. The Morgan fingerprint density at radius 1 is 1.20 bits per heavy atom. The zero-order chi connectivity index (χ0) is 21.6. The van der Waals surface area contributed by atoms with Crippen LogP contribution in [0.4, 0.5) is 10.6 Å². The van der Waals surface area contributed by atoms with Crippen LogP contribution in [-0.4, -0.2) is 48.4 Å². The highest BCUT2D eigenvalue weighted by Gasteiger charge is 2.23. The number of carbonyl (C=O) groups excluding carboxylic acids is 1. The summed E-state index contributed by atoms with van der Waals surface area (Å²) >= 11 is 0. The molecule has 1 aromatic heterocycles. The predicted octanol–water partition coefficient (Wildman–Crippen LogP) is 4.02. The SMILES string of the molecule is COc1ccc(Oc2cncc(N3CCCC(CNC(=O)OC(C)(C)C)C3)n2)cc1. The number of alkyl carbamates (subject to hydrolysis) is 1. The lowest BCUT2D eigenvalue weighted by Gasteiger charge is -2.33. The van der Waals surface area contributed by atoms with E-state index in [2.05, 4.69) is 20.2 Å². The Morgan fingerprint density at radius 2 is 1.93 bits per heavy atom. The van der Waals surface area contributed by atoms with Gasteiger partial charge in [0.05, 0.1) is 19.5 Å². The summed E-state index contributed by atoms with van der Waals surface area (Å²) in [5.41, 5.74) is -0.497. The topological polar surface area (TPSA) is 85.8 Å². The molecule has 2 heterocycles. The normalized spacial score (nSPS) is 16.7. The van der Waals surface area contributed by atoms with E-state index < -0.39 is 5.60 Å². The summed E-state index contributed by atoms with van der Waals surface area (Å²) in [4.78, 5) is 23.0. The number of amides is 1. The minimum atomic E-state index is -0.497. The Hall–Kier alpha value is -3.03. The summed E-state index contributed by atoms with van der Waals surface area (Å²) in [7, 11) is 1.62. The highest BCUT2D eigenvalue weighted by Crippen LogP contribution is 2.25. The third-order valence-electron chi connectivity index (χ3n) is 4.66. The van der Waals surface area contributed by atoms with E-state index >= 15 is 0 Å². The molecule has 1 unspecified atom stereocenters. The van der Waals surface area contributed by atoms with E-state index in [-0.39, 0.29) is 6.09 Å². The lowest BCUT2D eigenvalue weighted by Crippen LogP contribution is -2.42. The van der Waals surface area contributed by atoms with Gasteiger partial charge in [0.2, 0.25) is 5.88 Å². The number of rotatable bonds is 6. The second kappa shape index (κ2) is 9.65. The quantitative estimate of drug-likeness (QED) is 0.764. The van der Waals surface area contributed by atoms with E-state index in [9.17, 15) is 4.79 Å². The van der Waals surface area contributed by atoms with Crippen LogP contribution < -0.4 is 19.7 Å². The molecule has 2 aromatic rings. The fraction of sp³-hybridized carbons (Fsp3) is 0.500. The predicted molar refractivity (Wildman–Crippen MR) is 114 cm³/mol. The molecule has 1 aromatic carbocycles. The third kappa shape index (κ3) is 6.50. The summed E-state index contributed by atoms with van der Waals surface area (Å²) in [6.07, 6.45) is 5.02. The van der Waals surface area contributed by atoms with Crippen LogP contribution in [-0.2, 0) is 4.74 Å². The number of nitrogens with zero attached hydrogens (tertiary/aromatic N) is 3. The molecule has 0 spiro atoms. The number of methoxy groups -OCH3 is 1. The molecule has 162 valence electrons. The zero-order valence-corrected chi connectivity index (χ0v) is 18.1. The summed E-state index contributed by atoms with van der Waals surface area (Å²) in [5, 5.41) is 2.88. The second-order valence-corrected chi connectivity index (χ2v) is 8.33. The first-order valence-corrected chi connectivity index (χ1v) is 10.2. The molecule has 0 aliphatic carbocycles. The van der Waals surface area contributed by atoms with Crippen LogP contribution in [0.1, 0.15) is 33.6 Å². The van der Waals surface area contributed by atoms with E-state index in [1.54, 1.807) is 19.5 Å². The molecule has 30 heavy (non-hydrogen) atoms. The molecule has 0 bridgehead atoms. The molecule has 8 nitrogen and oxygen atoms in total. The number of benzene rings is 1. The fourth-order valence-electron chi connectivity index (χ4n) is 3.29. The Labute approximate surface area is 177 Å². The fourth-order valence-corrected chi connectivity index (χ4v) is 3.29. The second-order valence-electron chi connectivity index (χ2n) is 8.33. The van der Waals surface area contributed by atoms with E-state index in [1.165, 1.54) is 0 Å². The minimum absolute atomic E-state index is 0.319. The molecular formula is C22H30N4O4. The van der Waals surface area contributed by atoms with Crippen molar-refractivity contribution in [3.8, 4) is 17.4 Å². The number of aromatic nitrogens is 2. The van der Waals surface area contributed by atoms with Crippen molar-refractivity contribution in [2.24, 2.45) is 5.92 Å². The maximum absolute atomic E-state index is 11.9. The van der Waals surface area contributed by atoms with Crippen LogP contribution in [0.25, 0.3) is 0 Å². The smallest absolute Gasteiger partial charge is 0.407 e. The Balaban J connectivity index is 1.57. The van der Waals surface area contributed by atoms with Gasteiger partial charge in [-0.3, -0.25) is 4.98 Å². The van der Waals surface area contributed by atoms with Gasteiger partial charge >= 0.3 is 6.09 Å². The molecule has 1 aliphatic rings. The van der Waals surface area contributed by atoms with Gasteiger partial charge in [-0.15, -0.1) is 0 Å². The van der Waals surface area contributed by atoms with E-state index in [0.29, 0.717) is 24.1 Å². The van der Waals surface area contributed by atoms with E-state index in [0.717, 1.165) is 37.5 Å². The van der Waals surface area contributed by atoms with Crippen LogP contribution in [0.15, 0.2) is 36.7 Å². The lowest BCUT2D eigenvalue weighted by atomic mass is 9.98. The van der Waals surface area contributed by atoms with Gasteiger partial charge in [-0.25, -0.2) is 4.79 Å². The molecule has 1 N–H and O–H groups in total. The van der Waals surface area contributed by atoms with Crippen molar-refractivity contribution in [3.63, 3.8) is 0 Å². The number of anilines is 1. The molecule has 3 rings (SSSR count). The van der Waals surface area contributed by atoms with Crippen LogP contribution in [0.2, 0.25) is 0 Å². The van der Waals surface area contributed by atoms with Gasteiger partial charge in [0, 0.05) is 19.6 Å². The summed E-state index contributed by atoms with van der Waals surface area (Å²) in [6.45, 7) is 7.82. The van der Waals surface area contributed by atoms with Gasteiger partial charge in [-0.2, -0.15) is 4.98 Å². The Kier molecular flexibility index (Phi) is 6.97. The Bertz CT molecular complexity index is 836. The van der Waals surface area contributed by atoms with Crippen LogP contribution in [0, 0.1) is 5.92 Å². The average Bonchev–Trinajstić information content (AvgIpc) is 2.72. The number of hydrogen-bond acceptors (Lipinski definition) is 7. The third-order valence-corrected chi connectivity index (χ3v) is 4.66. The minimum Gasteiger partial charge on any atom is -0.497 e. The number of ether oxygens (including phenoxy) is 3. The molecular weight excluding hydrogens is 384 g/mol. The summed E-state index contributed by atoms with van der Waals surface area (Å²) in [5.74, 6) is 2.95. The van der Waals surface area contributed by atoms with Crippen molar-refractivity contribution < 1.29 is 19.0 Å². The first kappa shape index (κ1) is 21.7. The lowest BCUT2D eigenvalue weighted by molar-refractivity contribution is 0.0517. The van der Waals surface area contributed by atoms with Gasteiger partial charge in [0.25, 0.3) is 0 Å². The van der Waals surface area contributed by atoms with Gasteiger partial charge in [-0.05, 0) is 63.8 Å². The average molecular weight is 415 g/mol. The highest BCUT2D eigenvalue weighted by molar-refractivity contribution is 5.67. The molecule has 1 fully saturated rings. The summed E-state index contributed by atoms with van der Waals surface area (Å²) in [6, 6.07) is 7.32. The molecule has 1 atom stereocenters. The van der Waals surface area contributed by atoms with Crippen molar-refractivity contribution in [1.29, 1.82) is 0 Å². The largest absolute Gasteiger partial charge is 0.497 e. The zero-order valence-electron chi connectivity index (χ0n) is 18.1. The number of carbonyl (C=O) groups is 1. The van der Waals surface area contributed by atoms with Gasteiger partial charge < -0.3 is 24.4 Å². The van der Waals surface area contributed by atoms with Crippen LogP contribution >= 0.6 is 0 Å². The monoisotopic (exact) mass is 414 g/mol. The van der Waals surface area contributed by atoms with Gasteiger partial charge in [0.1, 0.15) is 17.1 Å². The summed E-state index contributed by atoms with van der Waals surface area (Å²) < 4.78 is 16.3. The first-order valence-electron chi connectivity index (χ1n) is 10.2. The van der Waals surface area contributed by atoms with Crippen molar-refractivity contribution >= 4 is 11.9 Å². The van der Waals surface area contributed by atoms with Crippen molar-refractivity contribution in [2.75, 3.05) is 31.6 Å². The molecule has 8 heteroatoms. The molecule has 0 radical (unpaired) electrons. The molecule has 1 aliphatic heterocycles. The van der Waals surface area contributed by atoms with Crippen molar-refractivity contribution in [3.05, 3.63) is 36.7 Å². The maximum Gasteiger partial charge on any atom is 0.407 e. The van der Waals surface area contributed by atoms with E-state index in [1.807, 2.05) is 45.0 Å². The molecule has 1 saturated heterocycles. The number of piperidine rings is 1.